The maximum atomic E-state index is 12.6. The van der Waals surface area contributed by atoms with E-state index in [1.54, 1.807) is 0 Å². The van der Waals surface area contributed by atoms with Gasteiger partial charge in [-0.1, -0.05) is 0 Å². The predicted molar refractivity (Wildman–Crippen MR) is 79.3 cm³/mol. The molecule has 22 heavy (non-hydrogen) atoms. The number of nitrogens with zero attached hydrogens (tertiary/aromatic N) is 7. The Labute approximate surface area is 128 Å². The van der Waals surface area contributed by atoms with Crippen molar-refractivity contribution in [2.24, 2.45) is 5.92 Å². The highest BCUT2D eigenvalue weighted by atomic mass is 16.2. The number of likely N-dealkylation sites (tertiary alicyclic amines) is 1. The second kappa shape index (κ2) is 5.51. The molecule has 1 atom stereocenters. The molecule has 0 saturated carbocycles. The van der Waals surface area contributed by atoms with Crippen molar-refractivity contribution in [3.63, 3.8) is 0 Å². The van der Waals surface area contributed by atoms with Crippen LogP contribution < -0.4 is 4.90 Å². The van der Waals surface area contributed by atoms with Crippen LogP contribution in [0.15, 0.2) is 12.1 Å². The van der Waals surface area contributed by atoms with Gasteiger partial charge in [0.2, 0.25) is 5.91 Å². The molecule has 0 radical (unpaired) electrons. The van der Waals surface area contributed by atoms with Crippen LogP contribution in [0.4, 0.5) is 5.82 Å². The molecule has 2 aliphatic heterocycles. The number of carbonyl (C=O) groups is 1. The molecule has 0 spiro atoms. The van der Waals surface area contributed by atoms with Crippen molar-refractivity contribution in [1.29, 1.82) is 0 Å². The number of hydrogen-bond acceptors (Lipinski definition) is 6. The van der Waals surface area contributed by atoms with Gasteiger partial charge in [0.25, 0.3) is 0 Å². The van der Waals surface area contributed by atoms with Crippen LogP contribution in [0.3, 0.4) is 0 Å². The van der Waals surface area contributed by atoms with Gasteiger partial charge in [0.15, 0.2) is 11.5 Å². The van der Waals surface area contributed by atoms with Crippen LogP contribution in [0.25, 0.3) is 5.65 Å². The highest BCUT2D eigenvalue weighted by Gasteiger charge is 2.31. The topological polar surface area (TPSA) is 79.5 Å². The molecule has 1 amide bonds. The molecule has 2 fully saturated rings. The molecule has 0 unspecified atom stereocenters. The average Bonchev–Trinajstić information content (AvgIpc) is 3.25. The van der Waals surface area contributed by atoms with Gasteiger partial charge in [0, 0.05) is 26.2 Å². The number of anilines is 1. The zero-order chi connectivity index (χ0) is 14.9. The number of fused-ring (bicyclic) bond motifs is 1. The number of amides is 1. The SMILES string of the molecule is O=C([C@H]1CCCN(c2ccc3nnnn3n2)C1)N1CCCC1. The Morgan fingerprint density at radius 2 is 2.00 bits per heavy atom. The number of carbonyl (C=O) groups excluding carboxylic acids is 1. The first-order valence-corrected chi connectivity index (χ1v) is 7.90. The molecule has 0 bridgehead atoms. The van der Waals surface area contributed by atoms with Crippen molar-refractivity contribution >= 4 is 17.4 Å². The van der Waals surface area contributed by atoms with Crippen LogP contribution >= 0.6 is 0 Å². The van der Waals surface area contributed by atoms with Crippen molar-refractivity contribution in [3.05, 3.63) is 12.1 Å². The molecule has 8 heteroatoms. The third-order valence-electron chi connectivity index (χ3n) is 4.57. The Morgan fingerprint density at radius 3 is 2.86 bits per heavy atom. The molecule has 2 aromatic rings. The van der Waals surface area contributed by atoms with E-state index < -0.39 is 0 Å². The predicted octanol–water partition coefficient (Wildman–Crippen LogP) is 0.358. The van der Waals surface area contributed by atoms with Crippen LogP contribution in [0.1, 0.15) is 25.7 Å². The van der Waals surface area contributed by atoms with Gasteiger partial charge < -0.3 is 9.80 Å². The van der Waals surface area contributed by atoms with Crippen molar-refractivity contribution in [3.8, 4) is 0 Å². The zero-order valence-electron chi connectivity index (χ0n) is 12.4. The van der Waals surface area contributed by atoms with E-state index in [4.69, 9.17) is 0 Å². The van der Waals surface area contributed by atoms with E-state index in [0.717, 1.165) is 57.7 Å². The summed E-state index contributed by atoms with van der Waals surface area (Å²) < 4.78 is 1.43. The molecular formula is C14H19N7O. The number of piperidine rings is 1. The Bertz CT molecular complexity index is 679. The monoisotopic (exact) mass is 301 g/mol. The zero-order valence-corrected chi connectivity index (χ0v) is 12.4. The molecule has 0 aromatic carbocycles. The summed E-state index contributed by atoms with van der Waals surface area (Å²) >= 11 is 0. The minimum Gasteiger partial charge on any atom is -0.354 e. The summed E-state index contributed by atoms with van der Waals surface area (Å²) in [7, 11) is 0. The molecule has 0 N–H and O–H groups in total. The quantitative estimate of drug-likeness (QED) is 0.797. The molecule has 4 heterocycles. The van der Waals surface area contributed by atoms with E-state index >= 15 is 0 Å². The Balaban J connectivity index is 1.51. The van der Waals surface area contributed by atoms with Crippen LogP contribution in [0.2, 0.25) is 0 Å². The number of aromatic nitrogens is 5. The lowest BCUT2D eigenvalue weighted by Crippen LogP contribution is -2.44. The van der Waals surface area contributed by atoms with Crippen molar-refractivity contribution in [1.82, 2.24) is 30.2 Å². The number of hydrogen-bond donors (Lipinski definition) is 0. The molecule has 4 rings (SSSR count). The van der Waals surface area contributed by atoms with E-state index in [0.29, 0.717) is 11.6 Å². The first-order valence-electron chi connectivity index (χ1n) is 7.90. The van der Waals surface area contributed by atoms with Gasteiger partial charge in [-0.05, 0) is 48.2 Å². The van der Waals surface area contributed by atoms with Crippen LogP contribution in [-0.4, -0.2) is 62.2 Å². The lowest BCUT2D eigenvalue weighted by atomic mass is 9.96. The summed E-state index contributed by atoms with van der Waals surface area (Å²) in [5.74, 6) is 1.22. The number of rotatable bonds is 2. The minimum atomic E-state index is 0.0817. The van der Waals surface area contributed by atoms with Crippen molar-refractivity contribution < 1.29 is 4.79 Å². The molecular weight excluding hydrogens is 282 g/mol. The molecule has 2 aromatic heterocycles. The molecule has 8 nitrogen and oxygen atoms in total. The van der Waals surface area contributed by atoms with Crippen LogP contribution in [-0.2, 0) is 4.79 Å². The normalized spacial score (nSPS) is 22.5. The highest BCUT2D eigenvalue weighted by molar-refractivity contribution is 5.80. The largest absolute Gasteiger partial charge is 0.354 e. The molecule has 2 aliphatic rings. The first-order chi connectivity index (χ1) is 10.8. The fourth-order valence-corrected chi connectivity index (χ4v) is 3.39. The molecule has 0 aliphatic carbocycles. The lowest BCUT2D eigenvalue weighted by molar-refractivity contribution is -0.134. The van der Waals surface area contributed by atoms with E-state index in [9.17, 15) is 4.79 Å². The molecule has 116 valence electrons. The third kappa shape index (κ3) is 2.38. The van der Waals surface area contributed by atoms with E-state index in [2.05, 4.69) is 25.5 Å². The summed E-state index contributed by atoms with van der Waals surface area (Å²) in [6.45, 7) is 3.49. The lowest BCUT2D eigenvalue weighted by Gasteiger charge is -2.34. The smallest absolute Gasteiger partial charge is 0.227 e. The van der Waals surface area contributed by atoms with Crippen molar-refractivity contribution in [2.45, 2.75) is 25.7 Å². The summed E-state index contributed by atoms with van der Waals surface area (Å²) in [6.07, 6.45) is 4.26. The van der Waals surface area contributed by atoms with Gasteiger partial charge >= 0.3 is 0 Å². The Hall–Kier alpha value is -2.25. The van der Waals surface area contributed by atoms with Crippen molar-refractivity contribution in [2.75, 3.05) is 31.1 Å². The molecule has 2 saturated heterocycles. The van der Waals surface area contributed by atoms with Crippen LogP contribution in [0.5, 0.6) is 0 Å². The highest BCUT2D eigenvalue weighted by Crippen LogP contribution is 2.24. The van der Waals surface area contributed by atoms with Gasteiger partial charge in [-0.15, -0.1) is 14.8 Å². The second-order valence-corrected chi connectivity index (χ2v) is 6.04. The van der Waals surface area contributed by atoms with E-state index in [1.807, 2.05) is 17.0 Å². The summed E-state index contributed by atoms with van der Waals surface area (Å²) in [4.78, 5) is 16.8. The van der Waals surface area contributed by atoms with Gasteiger partial charge in [0.05, 0.1) is 5.92 Å². The van der Waals surface area contributed by atoms with Gasteiger partial charge in [-0.25, -0.2) is 0 Å². The summed E-state index contributed by atoms with van der Waals surface area (Å²) in [5.41, 5.74) is 0.630. The summed E-state index contributed by atoms with van der Waals surface area (Å²) in [6, 6.07) is 3.78. The fourth-order valence-electron chi connectivity index (χ4n) is 3.39. The Kier molecular flexibility index (Phi) is 3.36. The standard InChI is InChI=1S/C14H19N7O/c22-14(19-7-1-2-8-19)11-4-3-9-20(10-11)13-6-5-12-15-17-18-21(12)16-13/h5-6,11H,1-4,7-10H2/t11-/m0/s1. The van der Waals surface area contributed by atoms with Gasteiger partial charge in [0.1, 0.15) is 0 Å². The van der Waals surface area contributed by atoms with Gasteiger partial charge in [-0.3, -0.25) is 4.79 Å². The minimum absolute atomic E-state index is 0.0817. The first kappa shape index (κ1) is 13.4. The van der Waals surface area contributed by atoms with E-state index in [-0.39, 0.29) is 5.92 Å². The number of tetrazole rings is 1. The summed E-state index contributed by atoms with van der Waals surface area (Å²) in [5, 5.41) is 15.7. The van der Waals surface area contributed by atoms with E-state index in [1.165, 1.54) is 4.63 Å². The van der Waals surface area contributed by atoms with Gasteiger partial charge in [-0.2, -0.15) is 0 Å². The second-order valence-electron chi connectivity index (χ2n) is 6.04. The maximum absolute atomic E-state index is 12.6. The van der Waals surface area contributed by atoms with Crippen LogP contribution in [0, 0.1) is 5.92 Å². The maximum Gasteiger partial charge on any atom is 0.227 e. The Morgan fingerprint density at radius 1 is 1.14 bits per heavy atom. The third-order valence-corrected chi connectivity index (χ3v) is 4.57. The average molecular weight is 301 g/mol. The fraction of sp³-hybridized carbons (Fsp3) is 0.643.